The molecule has 6 N–H and O–H groups in total. The molecule has 106 valence electrons. The summed E-state index contributed by atoms with van der Waals surface area (Å²) in [6.07, 6.45) is 0. The van der Waals surface area contributed by atoms with Crippen LogP contribution in [0.4, 0.5) is 11.4 Å². The van der Waals surface area contributed by atoms with Crippen molar-refractivity contribution in [1.82, 2.24) is 0 Å². The number of hydrogen-bond donors (Lipinski definition) is 4. The third-order valence-electron chi connectivity index (χ3n) is 1.95. The fourth-order valence-electron chi connectivity index (χ4n) is 1.08. The zero-order chi connectivity index (χ0) is 12.5. The van der Waals surface area contributed by atoms with Gasteiger partial charge in [0.2, 0.25) is 0 Å². The van der Waals surface area contributed by atoms with Crippen molar-refractivity contribution < 1.29 is 0 Å². The molecule has 2 aromatic carbocycles. The van der Waals surface area contributed by atoms with E-state index in [0.717, 1.165) is 15.8 Å². The Hall–Kier alpha value is -0.980. The molecule has 4 nitrogen and oxygen atoms in total. The van der Waals surface area contributed by atoms with E-state index in [9.17, 15) is 0 Å². The lowest BCUT2D eigenvalue weighted by Crippen LogP contribution is -2.05. The third kappa shape index (κ3) is 8.69. The Labute approximate surface area is 133 Å². The maximum atomic E-state index is 5.13. The Morgan fingerprint density at radius 1 is 0.684 bits per heavy atom. The van der Waals surface area contributed by atoms with Gasteiger partial charge in [0.25, 0.3) is 0 Å². The number of para-hydroxylation sites is 1. The molecular formula is C12H17BrCl2N4. The Bertz CT molecular complexity index is 426. The Morgan fingerprint density at radius 2 is 1.11 bits per heavy atom. The first-order chi connectivity index (χ1) is 8.26. The quantitative estimate of drug-likeness (QED) is 0.483. The number of nitrogens with one attached hydrogen (secondary N) is 2. The number of anilines is 2. The van der Waals surface area contributed by atoms with Crippen LogP contribution in [-0.2, 0) is 0 Å². The van der Waals surface area contributed by atoms with E-state index in [1.54, 1.807) is 0 Å². The van der Waals surface area contributed by atoms with Crippen molar-refractivity contribution in [1.29, 1.82) is 0 Å². The van der Waals surface area contributed by atoms with Crippen molar-refractivity contribution in [2.24, 2.45) is 11.7 Å². The number of benzene rings is 2. The van der Waals surface area contributed by atoms with Gasteiger partial charge in [0.05, 0.1) is 0 Å². The number of hydrogen-bond acceptors (Lipinski definition) is 4. The molecule has 0 heterocycles. The molecule has 0 aliphatic carbocycles. The molecule has 0 radical (unpaired) electrons. The number of nitrogens with two attached hydrogens (primary N) is 2. The smallest absolute Gasteiger partial charge is 0.0485 e. The van der Waals surface area contributed by atoms with E-state index in [4.69, 9.17) is 11.7 Å². The standard InChI is InChI=1S/C6H7BrN2.C6H8N2.2ClH/c7-5-1-3-6(9-8)4-2-5;7-8-6-4-2-1-3-5-6;;/h1-4,9H,8H2;1-5,8H,7H2;2*1H. The molecule has 2 aromatic rings. The highest BCUT2D eigenvalue weighted by atomic mass is 79.9. The fraction of sp³-hybridized carbons (Fsp3) is 0. The summed E-state index contributed by atoms with van der Waals surface area (Å²) >= 11 is 3.31. The largest absolute Gasteiger partial charge is 0.324 e. The van der Waals surface area contributed by atoms with Gasteiger partial charge in [-0.25, -0.2) is 0 Å². The van der Waals surface area contributed by atoms with Crippen LogP contribution in [0, 0.1) is 0 Å². The molecular weight excluding hydrogens is 351 g/mol. The van der Waals surface area contributed by atoms with Gasteiger partial charge in [0.15, 0.2) is 0 Å². The molecule has 0 atom stereocenters. The van der Waals surface area contributed by atoms with Crippen LogP contribution in [0.1, 0.15) is 0 Å². The topological polar surface area (TPSA) is 76.1 Å². The first-order valence-electron chi connectivity index (χ1n) is 5.00. The van der Waals surface area contributed by atoms with Crippen LogP contribution in [0.3, 0.4) is 0 Å². The maximum Gasteiger partial charge on any atom is 0.0485 e. The second-order valence-electron chi connectivity index (χ2n) is 3.16. The summed E-state index contributed by atoms with van der Waals surface area (Å²) in [5.74, 6) is 10.2. The van der Waals surface area contributed by atoms with Crippen LogP contribution >= 0.6 is 40.7 Å². The van der Waals surface area contributed by atoms with E-state index in [2.05, 4.69) is 26.8 Å². The summed E-state index contributed by atoms with van der Waals surface area (Å²) in [5.41, 5.74) is 6.91. The van der Waals surface area contributed by atoms with Crippen LogP contribution < -0.4 is 22.5 Å². The summed E-state index contributed by atoms with van der Waals surface area (Å²) in [5, 5.41) is 0. The van der Waals surface area contributed by atoms with Gasteiger partial charge in [-0.05, 0) is 36.4 Å². The zero-order valence-corrected chi connectivity index (χ0v) is 13.3. The van der Waals surface area contributed by atoms with Gasteiger partial charge < -0.3 is 10.9 Å². The van der Waals surface area contributed by atoms with Gasteiger partial charge >= 0.3 is 0 Å². The van der Waals surface area contributed by atoms with Crippen molar-refractivity contribution in [2.45, 2.75) is 0 Å². The number of halogens is 3. The van der Waals surface area contributed by atoms with Gasteiger partial charge in [0, 0.05) is 15.8 Å². The van der Waals surface area contributed by atoms with Gasteiger partial charge in [-0.1, -0.05) is 34.1 Å². The average molecular weight is 368 g/mol. The van der Waals surface area contributed by atoms with Crippen molar-refractivity contribution in [3.63, 3.8) is 0 Å². The number of nitrogen functional groups attached to an aromatic ring is 2. The molecule has 0 amide bonds. The SMILES string of the molecule is Cl.Cl.NNc1ccc(Br)cc1.NNc1ccccc1. The maximum absolute atomic E-state index is 5.13. The van der Waals surface area contributed by atoms with E-state index >= 15 is 0 Å². The summed E-state index contributed by atoms with van der Waals surface area (Å²) in [6.45, 7) is 0. The van der Waals surface area contributed by atoms with Crippen LogP contribution in [0.5, 0.6) is 0 Å². The van der Waals surface area contributed by atoms with Gasteiger partial charge in [-0.2, -0.15) is 0 Å². The first-order valence-corrected chi connectivity index (χ1v) is 5.79. The summed E-state index contributed by atoms with van der Waals surface area (Å²) in [7, 11) is 0. The fourth-order valence-corrected chi connectivity index (χ4v) is 1.34. The highest BCUT2D eigenvalue weighted by Gasteiger charge is 1.85. The molecule has 2 rings (SSSR count). The van der Waals surface area contributed by atoms with Gasteiger partial charge in [0.1, 0.15) is 0 Å². The van der Waals surface area contributed by atoms with E-state index in [0.29, 0.717) is 0 Å². The van der Waals surface area contributed by atoms with E-state index in [1.807, 2.05) is 54.6 Å². The van der Waals surface area contributed by atoms with Crippen LogP contribution in [0.15, 0.2) is 59.1 Å². The van der Waals surface area contributed by atoms with Crippen molar-refractivity contribution in [2.75, 3.05) is 10.9 Å². The summed E-state index contributed by atoms with van der Waals surface area (Å²) in [4.78, 5) is 0. The average Bonchev–Trinajstić information content (AvgIpc) is 2.41. The van der Waals surface area contributed by atoms with Crippen LogP contribution in [0.2, 0.25) is 0 Å². The Balaban J connectivity index is 0. The third-order valence-corrected chi connectivity index (χ3v) is 2.48. The Kier molecular flexibility index (Phi) is 12.9. The van der Waals surface area contributed by atoms with Gasteiger partial charge in [-0.3, -0.25) is 11.7 Å². The lowest BCUT2D eigenvalue weighted by atomic mass is 10.3. The molecule has 19 heavy (non-hydrogen) atoms. The van der Waals surface area contributed by atoms with Crippen LogP contribution in [0.25, 0.3) is 0 Å². The van der Waals surface area contributed by atoms with E-state index < -0.39 is 0 Å². The molecule has 0 bridgehead atoms. The lowest BCUT2D eigenvalue weighted by Gasteiger charge is -1.96. The molecule has 0 aromatic heterocycles. The Morgan fingerprint density at radius 3 is 1.47 bits per heavy atom. The zero-order valence-electron chi connectivity index (χ0n) is 10.0. The molecule has 0 aliphatic rings. The summed E-state index contributed by atoms with van der Waals surface area (Å²) in [6, 6.07) is 17.2. The van der Waals surface area contributed by atoms with Crippen LogP contribution in [-0.4, -0.2) is 0 Å². The molecule has 0 fully saturated rings. The van der Waals surface area contributed by atoms with Crippen molar-refractivity contribution >= 4 is 52.1 Å². The number of rotatable bonds is 2. The second-order valence-corrected chi connectivity index (χ2v) is 4.08. The summed E-state index contributed by atoms with van der Waals surface area (Å²) < 4.78 is 1.06. The van der Waals surface area contributed by atoms with Crippen molar-refractivity contribution in [3.8, 4) is 0 Å². The highest BCUT2D eigenvalue weighted by Crippen LogP contribution is 2.12. The number of hydrazine groups is 2. The second kappa shape index (κ2) is 12.1. The monoisotopic (exact) mass is 366 g/mol. The molecule has 0 saturated carbocycles. The molecule has 0 saturated heterocycles. The molecule has 7 heteroatoms. The minimum absolute atomic E-state index is 0. The lowest BCUT2D eigenvalue weighted by molar-refractivity contribution is 1.35. The minimum atomic E-state index is 0. The minimum Gasteiger partial charge on any atom is -0.324 e. The van der Waals surface area contributed by atoms with Gasteiger partial charge in [-0.15, -0.1) is 24.8 Å². The first kappa shape index (κ1) is 20.3. The molecule has 0 aliphatic heterocycles. The van der Waals surface area contributed by atoms with E-state index in [1.165, 1.54) is 0 Å². The predicted molar refractivity (Wildman–Crippen MR) is 90.7 cm³/mol. The molecule has 0 unspecified atom stereocenters. The highest BCUT2D eigenvalue weighted by molar-refractivity contribution is 9.10. The van der Waals surface area contributed by atoms with E-state index in [-0.39, 0.29) is 24.8 Å². The van der Waals surface area contributed by atoms with Crippen molar-refractivity contribution in [3.05, 3.63) is 59.1 Å². The predicted octanol–water partition coefficient (Wildman–Crippen LogP) is 3.55. The normalized spacial score (nSPS) is 7.95. The molecule has 0 spiro atoms.